The molecule has 8 nitrogen and oxygen atoms in total. The lowest BCUT2D eigenvalue weighted by atomic mass is 10.1. The first kappa shape index (κ1) is 19.7. The Morgan fingerprint density at radius 2 is 2.10 bits per heavy atom. The van der Waals surface area contributed by atoms with Gasteiger partial charge in [0.15, 0.2) is 0 Å². The van der Waals surface area contributed by atoms with Crippen LogP contribution in [0.15, 0.2) is 48.9 Å². The number of likely N-dealkylation sites (N-methyl/N-ethyl adjacent to an activating group) is 1. The van der Waals surface area contributed by atoms with Crippen LogP contribution in [0.4, 0.5) is 5.82 Å². The van der Waals surface area contributed by atoms with E-state index in [4.69, 9.17) is 10.7 Å². The fourth-order valence-corrected chi connectivity index (χ4v) is 4.89. The largest absolute Gasteiger partial charge is 0.383 e. The van der Waals surface area contributed by atoms with E-state index in [1.54, 1.807) is 36.5 Å². The summed E-state index contributed by atoms with van der Waals surface area (Å²) < 4.78 is 3.05. The smallest absolute Gasteiger partial charge is 0.239 e. The number of rotatable bonds is 4. The van der Waals surface area contributed by atoms with E-state index in [1.807, 2.05) is 41.3 Å². The zero-order valence-electron chi connectivity index (χ0n) is 17.3. The minimum Gasteiger partial charge on any atom is -0.383 e. The molecule has 2 atom stereocenters. The maximum atomic E-state index is 12.2. The first-order chi connectivity index (χ1) is 15.0. The number of pyridine rings is 1. The number of nitrogens with two attached hydrogens (primary N) is 1. The lowest BCUT2D eigenvalue weighted by Gasteiger charge is -2.16. The number of nitrogens with one attached hydrogen (secondary N) is 1. The van der Waals surface area contributed by atoms with Crippen molar-refractivity contribution >= 4 is 33.3 Å². The number of anilines is 1. The van der Waals surface area contributed by atoms with Crippen LogP contribution in [0.5, 0.6) is 0 Å². The highest BCUT2D eigenvalue weighted by molar-refractivity contribution is 7.21. The molecule has 0 bridgehead atoms. The molecule has 1 aliphatic rings. The average molecular weight is 434 g/mol. The molecule has 3 N–H and O–H groups in total. The lowest BCUT2D eigenvalue weighted by molar-refractivity contribution is -0.130. The Kier molecular flexibility index (Phi) is 4.91. The van der Waals surface area contributed by atoms with Crippen LogP contribution >= 0.6 is 11.3 Å². The highest BCUT2D eigenvalue weighted by Gasteiger charge is 2.31. The molecule has 4 heterocycles. The van der Waals surface area contributed by atoms with Gasteiger partial charge in [0.1, 0.15) is 10.8 Å². The maximum Gasteiger partial charge on any atom is 0.239 e. The van der Waals surface area contributed by atoms with Gasteiger partial charge in [0.05, 0.1) is 34.1 Å². The number of amides is 1. The van der Waals surface area contributed by atoms with E-state index in [0.717, 1.165) is 38.3 Å². The third kappa shape index (κ3) is 3.66. The van der Waals surface area contributed by atoms with E-state index < -0.39 is 0 Å². The molecule has 4 aromatic rings. The second-order valence-electron chi connectivity index (χ2n) is 7.94. The molecule has 0 unspecified atom stereocenters. The third-order valence-electron chi connectivity index (χ3n) is 5.60. The molecule has 158 valence electrons. The van der Waals surface area contributed by atoms with Crippen LogP contribution in [0.1, 0.15) is 12.5 Å². The summed E-state index contributed by atoms with van der Waals surface area (Å²) in [5.41, 5.74) is 9.85. The van der Waals surface area contributed by atoms with Crippen LogP contribution in [-0.4, -0.2) is 57.2 Å². The molecule has 31 heavy (non-hydrogen) atoms. The van der Waals surface area contributed by atoms with Crippen LogP contribution in [0.25, 0.3) is 31.9 Å². The van der Waals surface area contributed by atoms with Crippen LogP contribution in [0, 0.1) is 0 Å². The van der Waals surface area contributed by atoms with E-state index in [-0.39, 0.29) is 18.0 Å². The molecular weight excluding hydrogens is 410 g/mol. The number of fused-ring (bicyclic) bond motifs is 1. The minimum absolute atomic E-state index is 0.0955. The summed E-state index contributed by atoms with van der Waals surface area (Å²) in [6.45, 7) is 0.711. The number of aromatic nitrogens is 4. The second kappa shape index (κ2) is 7.75. The number of carbonyl (C=O) groups excluding carboxylic acids is 1. The van der Waals surface area contributed by atoms with Gasteiger partial charge in [-0.3, -0.25) is 9.48 Å². The molecule has 1 aromatic carbocycles. The van der Waals surface area contributed by atoms with Crippen LogP contribution < -0.4 is 11.1 Å². The van der Waals surface area contributed by atoms with Gasteiger partial charge in [0.25, 0.3) is 0 Å². The quantitative estimate of drug-likeness (QED) is 0.513. The van der Waals surface area contributed by atoms with Crippen molar-refractivity contribution in [1.82, 2.24) is 30.0 Å². The molecule has 3 aromatic heterocycles. The van der Waals surface area contributed by atoms with E-state index in [9.17, 15) is 4.79 Å². The standard InChI is InChI=1S/C22H23N7OS/c1-28(2)22(30)18-8-15(11-24-18)29-12-14(10-26-29)13-7-16(20(23)25-9-13)21-27-17-5-3-4-6-19(17)31-21/h3-7,9-10,12,15,18,24H,8,11H2,1-2H3,(H2,23,25)/t15-,18-/m0/s1. The number of benzene rings is 1. The van der Waals surface area contributed by atoms with E-state index in [2.05, 4.69) is 21.5 Å². The van der Waals surface area contributed by atoms with Gasteiger partial charge in [-0.25, -0.2) is 9.97 Å². The predicted molar refractivity (Wildman–Crippen MR) is 123 cm³/mol. The van der Waals surface area contributed by atoms with E-state index >= 15 is 0 Å². The number of hydrogen-bond acceptors (Lipinski definition) is 7. The van der Waals surface area contributed by atoms with Gasteiger partial charge in [-0.05, 0) is 24.6 Å². The molecule has 9 heteroatoms. The van der Waals surface area contributed by atoms with Crippen molar-refractivity contribution in [3.05, 3.63) is 48.9 Å². The predicted octanol–water partition coefficient (Wildman–Crippen LogP) is 2.80. The Morgan fingerprint density at radius 3 is 2.90 bits per heavy atom. The Balaban J connectivity index is 1.41. The van der Waals surface area contributed by atoms with Crippen molar-refractivity contribution in [2.75, 3.05) is 26.4 Å². The fraction of sp³-hybridized carbons (Fsp3) is 0.273. The molecule has 0 spiro atoms. The first-order valence-corrected chi connectivity index (χ1v) is 10.9. The highest BCUT2D eigenvalue weighted by Crippen LogP contribution is 2.35. The normalized spacial score (nSPS) is 18.5. The molecule has 1 amide bonds. The van der Waals surface area contributed by atoms with Crippen molar-refractivity contribution < 1.29 is 4.79 Å². The highest BCUT2D eigenvalue weighted by atomic mass is 32.1. The second-order valence-corrected chi connectivity index (χ2v) is 8.97. The Labute approximate surface area is 183 Å². The summed E-state index contributed by atoms with van der Waals surface area (Å²) in [5.74, 6) is 0.554. The summed E-state index contributed by atoms with van der Waals surface area (Å²) in [4.78, 5) is 23.0. The van der Waals surface area contributed by atoms with Gasteiger partial charge in [0, 0.05) is 44.2 Å². The third-order valence-corrected chi connectivity index (χ3v) is 6.67. The van der Waals surface area contributed by atoms with E-state index in [0.29, 0.717) is 12.4 Å². The van der Waals surface area contributed by atoms with Crippen LogP contribution in [0.3, 0.4) is 0 Å². The summed E-state index contributed by atoms with van der Waals surface area (Å²) >= 11 is 1.60. The lowest BCUT2D eigenvalue weighted by Crippen LogP contribution is -2.39. The fourth-order valence-electron chi connectivity index (χ4n) is 3.90. The molecule has 1 aliphatic heterocycles. The van der Waals surface area contributed by atoms with E-state index in [1.165, 1.54) is 0 Å². The number of hydrogen-bond donors (Lipinski definition) is 2. The minimum atomic E-state index is -0.170. The summed E-state index contributed by atoms with van der Waals surface area (Å²) in [5, 5.41) is 8.70. The Hall–Kier alpha value is -3.30. The summed E-state index contributed by atoms with van der Waals surface area (Å²) in [7, 11) is 3.56. The van der Waals surface area contributed by atoms with Crippen molar-refractivity contribution in [3.63, 3.8) is 0 Å². The van der Waals surface area contributed by atoms with Gasteiger partial charge in [0.2, 0.25) is 5.91 Å². The average Bonchev–Trinajstić information content (AvgIpc) is 3.51. The molecule has 1 saturated heterocycles. The maximum absolute atomic E-state index is 12.2. The van der Waals surface area contributed by atoms with Crippen molar-refractivity contribution in [1.29, 1.82) is 0 Å². The van der Waals surface area contributed by atoms with Crippen molar-refractivity contribution in [2.45, 2.75) is 18.5 Å². The summed E-state index contributed by atoms with van der Waals surface area (Å²) in [6.07, 6.45) is 6.31. The molecule has 0 radical (unpaired) electrons. The van der Waals surface area contributed by atoms with Crippen LogP contribution in [-0.2, 0) is 4.79 Å². The van der Waals surface area contributed by atoms with Gasteiger partial charge >= 0.3 is 0 Å². The Morgan fingerprint density at radius 1 is 1.26 bits per heavy atom. The molecule has 0 saturated carbocycles. The molecule has 1 fully saturated rings. The number of carbonyl (C=O) groups is 1. The van der Waals surface area contributed by atoms with Crippen molar-refractivity contribution in [2.24, 2.45) is 0 Å². The molecule has 0 aliphatic carbocycles. The first-order valence-electron chi connectivity index (χ1n) is 10.1. The van der Waals surface area contributed by atoms with Gasteiger partial charge < -0.3 is 16.0 Å². The number of nitrogens with zero attached hydrogens (tertiary/aromatic N) is 5. The van der Waals surface area contributed by atoms with Gasteiger partial charge in [-0.2, -0.15) is 5.10 Å². The zero-order valence-corrected chi connectivity index (χ0v) is 18.1. The Bertz CT molecular complexity index is 1230. The summed E-state index contributed by atoms with van der Waals surface area (Å²) in [6, 6.07) is 10.0. The van der Waals surface area contributed by atoms with Gasteiger partial charge in [-0.15, -0.1) is 11.3 Å². The number of thiazole rings is 1. The topological polar surface area (TPSA) is 102 Å². The molecule has 5 rings (SSSR count). The van der Waals surface area contributed by atoms with Crippen molar-refractivity contribution in [3.8, 4) is 21.7 Å². The van der Waals surface area contributed by atoms with Crippen LogP contribution in [0.2, 0.25) is 0 Å². The zero-order chi connectivity index (χ0) is 21.5. The number of para-hydroxylation sites is 1. The molecular formula is C22H23N7OS. The SMILES string of the molecule is CN(C)C(=O)[C@@H]1C[C@H](n2cc(-c3cnc(N)c(-c4nc5ccccc5s4)c3)cn2)CN1. The monoisotopic (exact) mass is 433 g/mol. The van der Waals surface area contributed by atoms with Gasteiger partial charge in [-0.1, -0.05) is 12.1 Å². The number of nitrogen functional groups attached to an aromatic ring is 1.